The summed E-state index contributed by atoms with van der Waals surface area (Å²) in [6, 6.07) is 17.7. The standard InChI is InChI=1S/C20H11N5O5/c26-24(27)15-11-16(25(28)29)18-19(22-30-21-18)17(15)20-14(12-6-2-1-3-7-12)10-13-8-4-5-9-23(13)20/h1-11H. The number of non-ortho nitro benzene ring substituents is 1. The molecule has 5 aromatic rings. The lowest BCUT2D eigenvalue weighted by molar-refractivity contribution is -0.392. The first-order chi connectivity index (χ1) is 14.6. The van der Waals surface area contributed by atoms with E-state index in [1.54, 1.807) is 16.7 Å². The van der Waals surface area contributed by atoms with E-state index in [-0.39, 0.29) is 16.6 Å². The van der Waals surface area contributed by atoms with Crippen LogP contribution in [0.5, 0.6) is 0 Å². The molecule has 0 fully saturated rings. The molecule has 0 amide bonds. The van der Waals surface area contributed by atoms with Crippen molar-refractivity contribution in [3.8, 4) is 22.4 Å². The summed E-state index contributed by atoms with van der Waals surface area (Å²) in [5.74, 6) is 0. The zero-order valence-corrected chi connectivity index (χ0v) is 15.1. The molecule has 2 aromatic carbocycles. The molecule has 5 rings (SSSR count). The molecule has 0 N–H and O–H groups in total. The minimum atomic E-state index is -0.738. The number of hydrogen-bond donors (Lipinski definition) is 0. The van der Waals surface area contributed by atoms with E-state index in [2.05, 4.69) is 10.3 Å². The van der Waals surface area contributed by atoms with E-state index < -0.39 is 21.2 Å². The third-order valence-corrected chi connectivity index (χ3v) is 4.89. The van der Waals surface area contributed by atoms with Crippen LogP contribution in [0.2, 0.25) is 0 Å². The summed E-state index contributed by atoms with van der Waals surface area (Å²) in [5, 5.41) is 30.8. The Morgan fingerprint density at radius 3 is 2.27 bits per heavy atom. The number of aromatic nitrogens is 3. The summed E-state index contributed by atoms with van der Waals surface area (Å²) >= 11 is 0. The molecule has 0 saturated heterocycles. The van der Waals surface area contributed by atoms with E-state index in [4.69, 9.17) is 4.63 Å². The van der Waals surface area contributed by atoms with E-state index in [0.717, 1.165) is 17.1 Å². The van der Waals surface area contributed by atoms with Gasteiger partial charge in [0.2, 0.25) is 5.52 Å². The predicted octanol–water partition coefficient (Wildman–Crippen LogP) is 4.63. The summed E-state index contributed by atoms with van der Waals surface area (Å²) < 4.78 is 6.53. The maximum atomic E-state index is 11.9. The highest BCUT2D eigenvalue weighted by atomic mass is 16.6. The number of nitro groups is 2. The van der Waals surface area contributed by atoms with Crippen molar-refractivity contribution in [2.24, 2.45) is 0 Å². The van der Waals surface area contributed by atoms with Gasteiger partial charge in [-0.15, -0.1) is 0 Å². The first kappa shape index (κ1) is 17.5. The molecule has 0 aliphatic carbocycles. The largest absolute Gasteiger partial charge is 0.316 e. The highest BCUT2D eigenvalue weighted by Crippen LogP contribution is 2.44. The van der Waals surface area contributed by atoms with Crippen molar-refractivity contribution in [3.05, 3.63) is 87.1 Å². The summed E-state index contributed by atoms with van der Waals surface area (Å²) in [6.45, 7) is 0. The monoisotopic (exact) mass is 401 g/mol. The lowest BCUT2D eigenvalue weighted by Gasteiger charge is -2.09. The Bertz CT molecular complexity index is 1460. The van der Waals surface area contributed by atoms with Gasteiger partial charge in [-0.1, -0.05) is 36.4 Å². The Labute approximate surface area is 167 Å². The van der Waals surface area contributed by atoms with E-state index in [1.165, 1.54) is 0 Å². The van der Waals surface area contributed by atoms with Gasteiger partial charge in [-0.2, -0.15) is 0 Å². The number of pyridine rings is 1. The number of benzene rings is 2. The van der Waals surface area contributed by atoms with Gasteiger partial charge in [0.05, 0.1) is 21.6 Å². The van der Waals surface area contributed by atoms with Gasteiger partial charge in [-0.25, -0.2) is 4.63 Å². The molecule has 0 aliphatic heterocycles. The Morgan fingerprint density at radius 2 is 1.53 bits per heavy atom. The van der Waals surface area contributed by atoms with Crippen molar-refractivity contribution in [3.63, 3.8) is 0 Å². The molecule has 0 saturated carbocycles. The fourth-order valence-electron chi connectivity index (χ4n) is 3.65. The van der Waals surface area contributed by atoms with Gasteiger partial charge in [-0.05, 0) is 34.1 Å². The summed E-state index contributed by atoms with van der Waals surface area (Å²) in [6.07, 6.45) is 1.77. The summed E-state index contributed by atoms with van der Waals surface area (Å²) in [7, 11) is 0. The molecular weight excluding hydrogens is 390 g/mol. The first-order valence-electron chi connectivity index (χ1n) is 8.80. The normalized spacial score (nSPS) is 11.2. The molecule has 0 aliphatic rings. The van der Waals surface area contributed by atoms with E-state index in [0.29, 0.717) is 11.3 Å². The topological polar surface area (TPSA) is 130 Å². The predicted molar refractivity (Wildman–Crippen MR) is 107 cm³/mol. The quantitative estimate of drug-likeness (QED) is 0.317. The Hall–Kier alpha value is -4.60. The fraction of sp³-hybridized carbons (Fsp3) is 0. The van der Waals surface area contributed by atoms with E-state index in [9.17, 15) is 20.2 Å². The second-order valence-electron chi connectivity index (χ2n) is 6.53. The molecule has 3 aromatic heterocycles. The Morgan fingerprint density at radius 1 is 0.833 bits per heavy atom. The molecule has 0 bridgehead atoms. The average molecular weight is 401 g/mol. The van der Waals surface area contributed by atoms with Crippen LogP contribution in [-0.2, 0) is 0 Å². The molecule has 0 unspecified atom stereocenters. The lowest BCUT2D eigenvalue weighted by Crippen LogP contribution is -2.00. The second kappa shape index (κ2) is 6.48. The van der Waals surface area contributed by atoms with Crippen LogP contribution in [0.3, 0.4) is 0 Å². The number of hydrogen-bond acceptors (Lipinski definition) is 7. The van der Waals surface area contributed by atoms with Crippen LogP contribution in [0.25, 0.3) is 38.9 Å². The van der Waals surface area contributed by atoms with Gasteiger partial charge in [-0.3, -0.25) is 20.2 Å². The van der Waals surface area contributed by atoms with Crippen LogP contribution in [0.15, 0.2) is 71.5 Å². The Balaban J connectivity index is 1.98. The molecule has 30 heavy (non-hydrogen) atoms. The zero-order valence-electron chi connectivity index (χ0n) is 15.1. The van der Waals surface area contributed by atoms with Crippen molar-refractivity contribution in [2.45, 2.75) is 0 Å². The van der Waals surface area contributed by atoms with Crippen molar-refractivity contribution in [2.75, 3.05) is 0 Å². The van der Waals surface area contributed by atoms with Crippen LogP contribution < -0.4 is 0 Å². The molecule has 10 heteroatoms. The van der Waals surface area contributed by atoms with Gasteiger partial charge in [0.15, 0.2) is 5.52 Å². The van der Waals surface area contributed by atoms with Crippen LogP contribution in [0.1, 0.15) is 0 Å². The van der Waals surface area contributed by atoms with Crippen LogP contribution in [0.4, 0.5) is 11.4 Å². The van der Waals surface area contributed by atoms with E-state index in [1.807, 2.05) is 48.5 Å². The van der Waals surface area contributed by atoms with Crippen molar-refractivity contribution < 1.29 is 14.5 Å². The van der Waals surface area contributed by atoms with Crippen molar-refractivity contribution in [1.29, 1.82) is 0 Å². The minimum absolute atomic E-state index is 0.0445. The SMILES string of the molecule is O=[N+]([O-])c1cc([N+](=O)[O-])c2nonc2c1-c1c(-c2ccccc2)cc2ccccn12. The third kappa shape index (κ3) is 2.51. The molecule has 0 spiro atoms. The molecule has 0 radical (unpaired) electrons. The van der Waals surface area contributed by atoms with Gasteiger partial charge >= 0.3 is 5.69 Å². The minimum Gasteiger partial charge on any atom is -0.316 e. The molecule has 3 heterocycles. The maximum Gasteiger partial charge on any atom is 0.307 e. The lowest BCUT2D eigenvalue weighted by atomic mass is 9.98. The fourth-order valence-corrected chi connectivity index (χ4v) is 3.65. The summed E-state index contributed by atoms with van der Waals surface area (Å²) in [5.41, 5.74) is 1.73. The number of nitrogens with zero attached hydrogens (tertiary/aromatic N) is 5. The molecule has 10 nitrogen and oxygen atoms in total. The third-order valence-electron chi connectivity index (χ3n) is 4.89. The van der Waals surface area contributed by atoms with Gasteiger partial charge < -0.3 is 4.40 Å². The van der Waals surface area contributed by atoms with Crippen LogP contribution in [-0.4, -0.2) is 24.6 Å². The smallest absolute Gasteiger partial charge is 0.307 e. The first-order valence-corrected chi connectivity index (χ1v) is 8.80. The summed E-state index contributed by atoms with van der Waals surface area (Å²) in [4.78, 5) is 22.0. The maximum absolute atomic E-state index is 11.9. The molecule has 0 atom stereocenters. The van der Waals surface area contributed by atoms with Crippen LogP contribution in [0, 0.1) is 20.2 Å². The van der Waals surface area contributed by atoms with E-state index >= 15 is 0 Å². The van der Waals surface area contributed by atoms with Gasteiger partial charge in [0.25, 0.3) is 5.69 Å². The highest BCUT2D eigenvalue weighted by molar-refractivity contribution is 6.04. The molecular formula is C20H11N5O5. The van der Waals surface area contributed by atoms with Crippen LogP contribution >= 0.6 is 0 Å². The number of nitro benzene ring substituents is 2. The van der Waals surface area contributed by atoms with Crippen molar-refractivity contribution >= 4 is 27.9 Å². The molecule has 146 valence electrons. The Kier molecular flexibility index (Phi) is 3.78. The second-order valence-corrected chi connectivity index (χ2v) is 6.53. The van der Waals surface area contributed by atoms with Crippen molar-refractivity contribution in [1.82, 2.24) is 14.7 Å². The number of fused-ring (bicyclic) bond motifs is 2. The van der Waals surface area contributed by atoms with Gasteiger partial charge in [0, 0.05) is 17.3 Å². The highest BCUT2D eigenvalue weighted by Gasteiger charge is 2.33. The number of rotatable bonds is 4. The average Bonchev–Trinajstić information content (AvgIpc) is 3.38. The van der Waals surface area contributed by atoms with Gasteiger partial charge in [0.1, 0.15) is 5.56 Å². The zero-order chi connectivity index (χ0) is 20.8.